The fourth-order valence-corrected chi connectivity index (χ4v) is 6.44. The third-order valence-electron chi connectivity index (χ3n) is 8.99. The zero-order chi connectivity index (χ0) is 27.0. The van der Waals surface area contributed by atoms with Gasteiger partial charge in [0.25, 0.3) is 5.91 Å². The summed E-state index contributed by atoms with van der Waals surface area (Å²) in [5.41, 5.74) is 4.43. The van der Waals surface area contributed by atoms with E-state index in [-0.39, 0.29) is 11.9 Å². The van der Waals surface area contributed by atoms with E-state index in [1.165, 1.54) is 42.3 Å². The van der Waals surface area contributed by atoms with Gasteiger partial charge >= 0.3 is 0 Å². The summed E-state index contributed by atoms with van der Waals surface area (Å²) in [4.78, 5) is 22.2. The second kappa shape index (κ2) is 11.1. The van der Waals surface area contributed by atoms with E-state index in [1.54, 1.807) is 18.0 Å². The summed E-state index contributed by atoms with van der Waals surface area (Å²) in [5.74, 6) is 0.779. The standard InChI is InChI=1S/C31H42FN5O/c1-20(2)35(5)31(38)27-15-26(32)6-7-28(27)37-19-25(30-21(3)16-34-17-29(30)37)14-23-10-13-36(18-23)22(4)24-8-11-33-12-9-24/h6-7,15-17,19-20,22-24,33H,8-14,18H2,1-5H3/t22-,23+/m0/s1. The van der Waals surface area contributed by atoms with Crippen molar-refractivity contribution in [1.29, 1.82) is 0 Å². The molecule has 1 amide bonds. The molecule has 0 radical (unpaired) electrons. The van der Waals surface area contributed by atoms with Gasteiger partial charge < -0.3 is 19.7 Å². The predicted octanol–water partition coefficient (Wildman–Crippen LogP) is 5.21. The Morgan fingerprint density at radius 3 is 2.68 bits per heavy atom. The molecule has 0 unspecified atom stereocenters. The lowest BCUT2D eigenvalue weighted by Gasteiger charge is -2.34. The third kappa shape index (κ3) is 5.23. The van der Waals surface area contributed by atoms with E-state index in [0.29, 0.717) is 23.2 Å². The van der Waals surface area contributed by atoms with Crippen LogP contribution in [0.3, 0.4) is 0 Å². The van der Waals surface area contributed by atoms with Crippen LogP contribution in [-0.2, 0) is 6.42 Å². The number of aryl methyl sites for hydroxylation is 1. The van der Waals surface area contributed by atoms with Crippen molar-refractivity contribution in [3.8, 4) is 5.69 Å². The Labute approximate surface area is 226 Å². The van der Waals surface area contributed by atoms with Crippen molar-refractivity contribution < 1.29 is 9.18 Å². The molecular weight excluding hydrogens is 477 g/mol. The molecule has 7 heteroatoms. The minimum atomic E-state index is -0.408. The summed E-state index contributed by atoms with van der Waals surface area (Å²) in [5, 5.41) is 4.69. The monoisotopic (exact) mass is 519 g/mol. The number of rotatable bonds is 7. The number of aromatic nitrogens is 2. The third-order valence-corrected chi connectivity index (χ3v) is 8.99. The molecule has 4 heterocycles. The van der Waals surface area contributed by atoms with Crippen molar-refractivity contribution in [2.24, 2.45) is 11.8 Å². The number of halogens is 1. The number of fused-ring (bicyclic) bond motifs is 1. The first-order chi connectivity index (χ1) is 18.2. The van der Waals surface area contributed by atoms with Crippen molar-refractivity contribution in [2.75, 3.05) is 33.2 Å². The van der Waals surface area contributed by atoms with Crippen LogP contribution in [0.1, 0.15) is 61.5 Å². The van der Waals surface area contributed by atoms with Crippen LogP contribution in [0.25, 0.3) is 16.6 Å². The molecular formula is C31H42FN5O. The van der Waals surface area contributed by atoms with Gasteiger partial charge in [0.15, 0.2) is 0 Å². The molecule has 6 nitrogen and oxygen atoms in total. The molecule has 0 aliphatic carbocycles. The van der Waals surface area contributed by atoms with Crippen LogP contribution in [-0.4, -0.2) is 70.6 Å². The Bertz CT molecular complexity index is 1290. The summed E-state index contributed by atoms with van der Waals surface area (Å²) in [6.45, 7) is 13.0. The number of benzene rings is 1. The van der Waals surface area contributed by atoms with Crippen LogP contribution in [0.2, 0.25) is 0 Å². The van der Waals surface area contributed by atoms with Crippen LogP contribution in [0.15, 0.2) is 36.8 Å². The van der Waals surface area contributed by atoms with Gasteiger partial charge in [-0.2, -0.15) is 0 Å². The lowest BCUT2D eigenvalue weighted by Crippen LogP contribution is -2.42. The Morgan fingerprint density at radius 2 is 1.95 bits per heavy atom. The number of hydrogen-bond acceptors (Lipinski definition) is 4. The number of pyridine rings is 1. The molecule has 0 saturated carbocycles. The minimum Gasteiger partial charge on any atom is -0.339 e. The average molecular weight is 520 g/mol. The van der Waals surface area contributed by atoms with Gasteiger partial charge in [0, 0.05) is 43.5 Å². The van der Waals surface area contributed by atoms with Crippen LogP contribution < -0.4 is 5.32 Å². The molecule has 204 valence electrons. The van der Waals surface area contributed by atoms with Gasteiger partial charge in [0.05, 0.1) is 23.0 Å². The van der Waals surface area contributed by atoms with Crippen molar-refractivity contribution in [1.82, 2.24) is 24.7 Å². The first kappa shape index (κ1) is 26.8. The fraction of sp³-hybridized carbons (Fsp3) is 0.548. The number of carbonyl (C=O) groups is 1. The van der Waals surface area contributed by atoms with Gasteiger partial charge in [-0.1, -0.05) is 0 Å². The van der Waals surface area contributed by atoms with Gasteiger partial charge in [0.2, 0.25) is 0 Å². The van der Waals surface area contributed by atoms with E-state index in [2.05, 4.69) is 39.8 Å². The van der Waals surface area contributed by atoms with E-state index in [0.717, 1.165) is 49.6 Å². The van der Waals surface area contributed by atoms with E-state index in [9.17, 15) is 9.18 Å². The van der Waals surface area contributed by atoms with Crippen LogP contribution in [0.4, 0.5) is 4.39 Å². The maximum absolute atomic E-state index is 14.4. The number of nitrogens with one attached hydrogen (secondary N) is 1. The van der Waals surface area contributed by atoms with Crippen LogP contribution >= 0.6 is 0 Å². The van der Waals surface area contributed by atoms with E-state index >= 15 is 0 Å². The van der Waals surface area contributed by atoms with Crippen LogP contribution in [0.5, 0.6) is 0 Å². The molecule has 3 aromatic rings. The summed E-state index contributed by atoms with van der Waals surface area (Å²) in [7, 11) is 1.77. The molecule has 2 saturated heterocycles. The summed E-state index contributed by atoms with van der Waals surface area (Å²) in [6.07, 6.45) is 10.7. The number of amides is 1. The van der Waals surface area contributed by atoms with Crippen LogP contribution in [0, 0.1) is 24.6 Å². The Morgan fingerprint density at radius 1 is 1.18 bits per heavy atom. The van der Waals surface area contributed by atoms with Gasteiger partial charge in [-0.3, -0.25) is 9.78 Å². The topological polar surface area (TPSA) is 53.4 Å². The zero-order valence-electron chi connectivity index (χ0n) is 23.5. The molecule has 2 fully saturated rings. The highest BCUT2D eigenvalue weighted by molar-refractivity contribution is 5.99. The zero-order valence-corrected chi connectivity index (χ0v) is 23.5. The molecule has 1 aromatic carbocycles. The summed E-state index contributed by atoms with van der Waals surface area (Å²) >= 11 is 0. The molecule has 5 rings (SSSR count). The fourth-order valence-electron chi connectivity index (χ4n) is 6.44. The predicted molar refractivity (Wildman–Crippen MR) is 151 cm³/mol. The largest absolute Gasteiger partial charge is 0.339 e. The van der Waals surface area contributed by atoms with Crippen molar-refractivity contribution >= 4 is 16.8 Å². The smallest absolute Gasteiger partial charge is 0.256 e. The SMILES string of the molecule is Cc1cncc2c1c(C[C@H]1CCN([C@@H](C)C3CCNCC3)C1)cn2-c1ccc(F)cc1C(=O)N(C)C(C)C. The number of piperidine rings is 1. The Kier molecular flexibility index (Phi) is 7.87. The quantitative estimate of drug-likeness (QED) is 0.466. The number of nitrogens with zero attached hydrogens (tertiary/aromatic N) is 4. The molecule has 38 heavy (non-hydrogen) atoms. The highest BCUT2D eigenvalue weighted by Gasteiger charge is 2.32. The maximum Gasteiger partial charge on any atom is 0.256 e. The van der Waals surface area contributed by atoms with Gasteiger partial charge in [-0.15, -0.1) is 0 Å². The molecule has 1 N–H and O–H groups in total. The van der Waals surface area contributed by atoms with Gasteiger partial charge in [-0.25, -0.2) is 4.39 Å². The number of hydrogen-bond donors (Lipinski definition) is 1. The Balaban J connectivity index is 1.46. The first-order valence-corrected chi connectivity index (χ1v) is 14.2. The molecule has 2 aliphatic heterocycles. The minimum absolute atomic E-state index is 0.0112. The highest BCUT2D eigenvalue weighted by Crippen LogP contribution is 2.34. The van der Waals surface area contributed by atoms with E-state index < -0.39 is 5.82 Å². The second-order valence-electron chi connectivity index (χ2n) is 11.7. The van der Waals surface area contributed by atoms with Crippen molar-refractivity contribution in [2.45, 2.75) is 65.5 Å². The molecule has 0 spiro atoms. The van der Waals surface area contributed by atoms with Gasteiger partial charge in [0.1, 0.15) is 5.82 Å². The lowest BCUT2D eigenvalue weighted by atomic mass is 9.90. The normalized spacial score (nSPS) is 19.9. The van der Waals surface area contributed by atoms with Gasteiger partial charge in [-0.05, 0) is 114 Å². The summed E-state index contributed by atoms with van der Waals surface area (Å²) in [6, 6.07) is 5.16. The number of carbonyl (C=O) groups excluding carboxylic acids is 1. The first-order valence-electron chi connectivity index (χ1n) is 14.2. The summed E-state index contributed by atoms with van der Waals surface area (Å²) < 4.78 is 16.4. The lowest BCUT2D eigenvalue weighted by molar-refractivity contribution is 0.0754. The highest BCUT2D eigenvalue weighted by atomic mass is 19.1. The van der Waals surface area contributed by atoms with Crippen molar-refractivity contribution in [3.05, 3.63) is 59.3 Å². The molecule has 2 aliphatic rings. The molecule has 0 bridgehead atoms. The molecule has 2 atom stereocenters. The maximum atomic E-state index is 14.4. The second-order valence-corrected chi connectivity index (χ2v) is 11.7. The Hall–Kier alpha value is -2.77. The number of likely N-dealkylation sites (tertiary alicyclic amines) is 1. The van der Waals surface area contributed by atoms with E-state index in [4.69, 9.17) is 0 Å². The van der Waals surface area contributed by atoms with Crippen molar-refractivity contribution in [3.63, 3.8) is 0 Å². The average Bonchev–Trinajstić information content (AvgIpc) is 3.53. The van der Waals surface area contributed by atoms with E-state index in [1.807, 2.05) is 26.2 Å². The molecule has 2 aromatic heterocycles.